The van der Waals surface area contributed by atoms with Crippen LogP contribution >= 0.6 is 0 Å². The first-order chi connectivity index (χ1) is 16.7. The van der Waals surface area contributed by atoms with Crippen LogP contribution in [-0.2, 0) is 35.2 Å². The highest BCUT2D eigenvalue weighted by Gasteiger charge is 2.23. The van der Waals surface area contributed by atoms with E-state index in [9.17, 15) is 18.0 Å². The van der Waals surface area contributed by atoms with Gasteiger partial charge in [-0.1, -0.05) is 17.9 Å². The Kier molecular flexibility index (Phi) is 7.11. The Hall–Kier alpha value is -3.40. The van der Waals surface area contributed by atoms with Crippen molar-refractivity contribution < 1.29 is 13.2 Å². The molecule has 1 saturated heterocycles. The number of benzene rings is 1. The number of hydrogen-bond acceptors (Lipinski definition) is 8. The molecule has 1 fully saturated rings. The number of nitrogens with zero attached hydrogens (tertiary/aromatic N) is 5. The zero-order chi connectivity index (χ0) is 25.2. The summed E-state index contributed by atoms with van der Waals surface area (Å²) in [6.45, 7) is 5.07. The fourth-order valence-electron chi connectivity index (χ4n) is 3.99. The summed E-state index contributed by atoms with van der Waals surface area (Å²) in [5, 5.41) is 3.11. The molecule has 11 nitrogen and oxygen atoms in total. The van der Waals surface area contributed by atoms with Crippen LogP contribution in [0.3, 0.4) is 0 Å². The molecule has 3 aromatic rings. The maximum absolute atomic E-state index is 12.8. The molecular formula is C23H28N6O5S. The standard InChI is InChI=1S/C23H28N6O5S/c1-26-19-20(25-22(26)35(3,32)33)29(23(31)27(2)21(19)30)10-5-7-17-6-4-8-18(16-17)24-9-11-28-12-14-34-15-13-28/h4,6,8,16,24H,9-15H2,1-3H3. The molecule has 0 radical (unpaired) electrons. The minimum atomic E-state index is -3.70. The Balaban J connectivity index is 1.55. The van der Waals surface area contributed by atoms with E-state index in [1.54, 1.807) is 0 Å². The molecule has 0 amide bonds. The summed E-state index contributed by atoms with van der Waals surface area (Å²) in [4.78, 5) is 31.8. The van der Waals surface area contributed by atoms with Gasteiger partial charge < -0.3 is 14.6 Å². The normalized spacial score (nSPS) is 14.6. The lowest BCUT2D eigenvalue weighted by Crippen LogP contribution is -2.39. The van der Waals surface area contributed by atoms with E-state index in [4.69, 9.17) is 4.74 Å². The summed E-state index contributed by atoms with van der Waals surface area (Å²) in [6.07, 6.45) is 1.00. The number of anilines is 1. The van der Waals surface area contributed by atoms with E-state index in [0.717, 1.165) is 61.5 Å². The molecule has 3 heterocycles. The molecule has 1 N–H and O–H groups in total. The van der Waals surface area contributed by atoms with E-state index in [0.29, 0.717) is 0 Å². The third kappa shape index (κ3) is 5.32. The quantitative estimate of drug-likeness (QED) is 0.456. The Morgan fingerprint density at radius 2 is 1.89 bits per heavy atom. The first-order valence-corrected chi connectivity index (χ1v) is 13.0. The number of nitrogens with one attached hydrogen (secondary N) is 1. The molecule has 0 bridgehead atoms. The van der Waals surface area contributed by atoms with Gasteiger partial charge in [-0.2, -0.15) is 4.98 Å². The largest absolute Gasteiger partial charge is 0.384 e. The molecule has 2 aromatic heterocycles. The van der Waals surface area contributed by atoms with Crippen molar-refractivity contribution in [3.63, 3.8) is 0 Å². The summed E-state index contributed by atoms with van der Waals surface area (Å²) in [7, 11) is -0.926. The van der Waals surface area contributed by atoms with E-state index in [-0.39, 0.29) is 22.9 Å². The monoisotopic (exact) mass is 500 g/mol. The van der Waals surface area contributed by atoms with Crippen LogP contribution < -0.4 is 16.6 Å². The topological polar surface area (TPSA) is 120 Å². The number of hydrogen-bond donors (Lipinski definition) is 1. The number of aryl methyl sites for hydroxylation is 1. The van der Waals surface area contributed by atoms with Crippen molar-refractivity contribution in [2.45, 2.75) is 11.7 Å². The average Bonchev–Trinajstić information content (AvgIpc) is 3.18. The smallest absolute Gasteiger partial charge is 0.333 e. The molecule has 12 heteroatoms. The molecule has 186 valence electrons. The number of imidazole rings is 1. The van der Waals surface area contributed by atoms with Gasteiger partial charge in [-0.05, 0) is 18.2 Å². The van der Waals surface area contributed by atoms with Crippen LogP contribution in [0.2, 0.25) is 0 Å². The highest BCUT2D eigenvalue weighted by molar-refractivity contribution is 7.90. The fourth-order valence-corrected chi connectivity index (χ4v) is 4.83. The summed E-state index contributed by atoms with van der Waals surface area (Å²) in [6, 6.07) is 7.65. The van der Waals surface area contributed by atoms with Gasteiger partial charge in [-0.15, -0.1) is 0 Å². The lowest BCUT2D eigenvalue weighted by molar-refractivity contribution is 0.0398. The van der Waals surface area contributed by atoms with Crippen LogP contribution in [0.4, 0.5) is 5.69 Å². The highest BCUT2D eigenvalue weighted by Crippen LogP contribution is 2.14. The molecule has 4 rings (SSSR count). The van der Waals surface area contributed by atoms with E-state index >= 15 is 0 Å². The maximum atomic E-state index is 12.8. The van der Waals surface area contributed by atoms with Gasteiger partial charge in [-0.25, -0.2) is 13.2 Å². The lowest BCUT2D eigenvalue weighted by atomic mass is 10.2. The highest BCUT2D eigenvalue weighted by atomic mass is 32.2. The van der Waals surface area contributed by atoms with Gasteiger partial charge in [0, 0.05) is 57.8 Å². The minimum absolute atomic E-state index is 0.00569. The van der Waals surface area contributed by atoms with Crippen LogP contribution in [0, 0.1) is 11.8 Å². The third-order valence-electron chi connectivity index (χ3n) is 5.84. The van der Waals surface area contributed by atoms with Crippen molar-refractivity contribution in [1.29, 1.82) is 0 Å². The Labute approximate surface area is 202 Å². The number of aromatic nitrogens is 4. The van der Waals surface area contributed by atoms with Crippen LogP contribution in [0.15, 0.2) is 39.0 Å². The second kappa shape index (κ2) is 10.1. The Bertz CT molecular complexity index is 1530. The van der Waals surface area contributed by atoms with Crippen molar-refractivity contribution in [3.8, 4) is 11.8 Å². The number of ether oxygens (including phenoxy) is 1. The van der Waals surface area contributed by atoms with Crippen molar-refractivity contribution in [2.75, 3.05) is 51.0 Å². The van der Waals surface area contributed by atoms with Crippen LogP contribution in [0.5, 0.6) is 0 Å². The average molecular weight is 501 g/mol. The predicted octanol–water partition coefficient (Wildman–Crippen LogP) is -0.367. The minimum Gasteiger partial charge on any atom is -0.384 e. The molecule has 1 aromatic carbocycles. The van der Waals surface area contributed by atoms with Crippen molar-refractivity contribution in [3.05, 3.63) is 50.7 Å². The van der Waals surface area contributed by atoms with E-state index in [1.165, 1.54) is 23.2 Å². The molecule has 1 aliphatic heterocycles. The molecular weight excluding hydrogens is 472 g/mol. The van der Waals surface area contributed by atoms with E-state index in [1.807, 2.05) is 24.3 Å². The molecule has 0 aliphatic carbocycles. The summed E-state index contributed by atoms with van der Waals surface area (Å²) in [5.41, 5.74) is 0.487. The second-order valence-electron chi connectivity index (χ2n) is 8.39. The number of fused-ring (bicyclic) bond motifs is 1. The maximum Gasteiger partial charge on any atom is 0.333 e. The van der Waals surface area contributed by atoms with E-state index in [2.05, 4.69) is 27.0 Å². The second-order valence-corrected chi connectivity index (χ2v) is 10.3. The number of rotatable bonds is 6. The number of sulfone groups is 1. The third-order valence-corrected chi connectivity index (χ3v) is 6.87. The lowest BCUT2D eigenvalue weighted by Gasteiger charge is -2.26. The molecule has 1 aliphatic rings. The van der Waals surface area contributed by atoms with E-state index < -0.39 is 21.1 Å². The van der Waals surface area contributed by atoms with Crippen molar-refractivity contribution >= 4 is 26.7 Å². The van der Waals surface area contributed by atoms with Crippen LogP contribution in [-0.4, -0.2) is 77.7 Å². The summed E-state index contributed by atoms with van der Waals surface area (Å²) in [5.74, 6) is 5.98. The summed E-state index contributed by atoms with van der Waals surface area (Å²) >= 11 is 0. The first-order valence-electron chi connectivity index (χ1n) is 11.2. The molecule has 0 spiro atoms. The van der Waals surface area contributed by atoms with Crippen LogP contribution in [0.25, 0.3) is 11.2 Å². The Morgan fingerprint density at radius 3 is 2.60 bits per heavy atom. The molecule has 0 unspecified atom stereocenters. The van der Waals surface area contributed by atoms with Gasteiger partial charge in [0.2, 0.25) is 15.0 Å². The van der Waals surface area contributed by atoms with Gasteiger partial charge in [0.25, 0.3) is 5.56 Å². The van der Waals surface area contributed by atoms with Gasteiger partial charge >= 0.3 is 5.69 Å². The van der Waals surface area contributed by atoms with Crippen molar-refractivity contribution in [2.24, 2.45) is 14.1 Å². The molecule has 35 heavy (non-hydrogen) atoms. The summed E-state index contributed by atoms with van der Waals surface area (Å²) < 4.78 is 32.9. The number of morpholine rings is 1. The Morgan fingerprint density at radius 1 is 1.14 bits per heavy atom. The van der Waals surface area contributed by atoms with Gasteiger partial charge in [0.1, 0.15) is 0 Å². The molecule has 0 atom stereocenters. The first kappa shape index (κ1) is 24.7. The predicted molar refractivity (Wildman–Crippen MR) is 132 cm³/mol. The SMILES string of the molecule is Cn1c(=O)c2c(nc(S(C)(=O)=O)n2C)n(CC#Cc2cccc(NCCN3CCOCC3)c2)c1=O. The fraction of sp³-hybridized carbons (Fsp3) is 0.435. The zero-order valence-electron chi connectivity index (χ0n) is 19.9. The van der Waals surface area contributed by atoms with Gasteiger partial charge in [-0.3, -0.25) is 18.8 Å². The molecule has 0 saturated carbocycles. The van der Waals surface area contributed by atoms with Crippen LogP contribution in [0.1, 0.15) is 5.56 Å². The van der Waals surface area contributed by atoms with Gasteiger partial charge in [0.05, 0.1) is 19.8 Å². The van der Waals surface area contributed by atoms with Gasteiger partial charge in [0.15, 0.2) is 11.2 Å². The zero-order valence-corrected chi connectivity index (χ0v) is 20.8. The van der Waals surface area contributed by atoms with Crippen molar-refractivity contribution in [1.82, 2.24) is 23.6 Å².